The Kier molecular flexibility index (Phi) is 3.03. The molecule has 46 valence electrons. The van der Waals surface area contributed by atoms with Gasteiger partial charge < -0.3 is 4.90 Å². The third-order valence-electron chi connectivity index (χ3n) is 2.56. The Morgan fingerprint density at radius 3 is 1.44 bits per heavy atom. The van der Waals surface area contributed by atoms with E-state index in [4.69, 9.17) is 0 Å². The zero-order chi connectivity index (χ0) is 5.40. The summed E-state index contributed by atoms with van der Waals surface area (Å²) >= 11 is 0. The van der Waals surface area contributed by atoms with Crippen LogP contribution < -0.4 is 29.6 Å². The zero-order valence-electron chi connectivity index (χ0n) is 6.27. The van der Waals surface area contributed by atoms with Gasteiger partial charge in [0.25, 0.3) is 0 Å². The fourth-order valence-electron chi connectivity index (χ4n) is 1.86. The van der Waals surface area contributed by atoms with E-state index in [1.807, 2.05) is 0 Å². The summed E-state index contributed by atoms with van der Waals surface area (Å²) in [6, 6.07) is 0. The first kappa shape index (κ1) is 8.06. The second-order valence-electron chi connectivity index (χ2n) is 3.07. The number of rotatable bonds is 0. The maximum atomic E-state index is 2.58. The monoisotopic (exact) mass is 134 g/mol. The molecule has 2 bridgehead atoms. The van der Waals surface area contributed by atoms with Crippen LogP contribution >= 0.6 is 0 Å². The standard InChI is InChI=1S/C7H13N.Na/c1-4-8-5-2-7(1)3-6-8;/h7H,1-6H2;/q;+1. The molecule has 0 aliphatic carbocycles. The number of fused-ring (bicyclic) bond motifs is 3. The molecule has 0 atom stereocenters. The summed E-state index contributed by atoms with van der Waals surface area (Å²) in [6.45, 7) is 4.18. The van der Waals surface area contributed by atoms with Crippen LogP contribution in [0.25, 0.3) is 0 Å². The molecule has 3 aliphatic rings. The van der Waals surface area contributed by atoms with E-state index in [1.54, 1.807) is 0 Å². The second kappa shape index (κ2) is 3.38. The van der Waals surface area contributed by atoms with Crippen molar-refractivity contribution >= 4 is 0 Å². The Morgan fingerprint density at radius 1 is 0.889 bits per heavy atom. The number of nitrogens with zero attached hydrogens (tertiary/aromatic N) is 1. The van der Waals surface area contributed by atoms with Crippen molar-refractivity contribution < 1.29 is 29.6 Å². The normalized spacial score (nSPS) is 40.0. The Hall–Kier alpha value is 0.960. The maximum Gasteiger partial charge on any atom is 1.00 e. The average molecular weight is 134 g/mol. The fourth-order valence-corrected chi connectivity index (χ4v) is 1.86. The molecule has 0 N–H and O–H groups in total. The van der Waals surface area contributed by atoms with Gasteiger partial charge in [0.05, 0.1) is 0 Å². The van der Waals surface area contributed by atoms with E-state index in [0.29, 0.717) is 0 Å². The van der Waals surface area contributed by atoms with Crippen molar-refractivity contribution in [2.75, 3.05) is 19.6 Å². The van der Waals surface area contributed by atoms with Gasteiger partial charge in [-0.3, -0.25) is 0 Å². The fraction of sp³-hybridized carbons (Fsp3) is 1.00. The summed E-state index contributed by atoms with van der Waals surface area (Å²) in [7, 11) is 0. The second-order valence-corrected chi connectivity index (χ2v) is 3.07. The number of piperidine rings is 3. The van der Waals surface area contributed by atoms with E-state index < -0.39 is 0 Å². The molecule has 3 aliphatic heterocycles. The minimum Gasteiger partial charge on any atom is -0.303 e. The molecule has 0 spiro atoms. The Balaban J connectivity index is 0.000000405. The quantitative estimate of drug-likeness (QED) is 0.350. The first-order chi connectivity index (χ1) is 3.95. The molecule has 0 unspecified atom stereocenters. The van der Waals surface area contributed by atoms with Gasteiger partial charge in [-0.05, 0) is 44.8 Å². The van der Waals surface area contributed by atoms with Gasteiger partial charge in [0, 0.05) is 0 Å². The van der Waals surface area contributed by atoms with E-state index in [9.17, 15) is 0 Å². The van der Waals surface area contributed by atoms with Gasteiger partial charge >= 0.3 is 29.6 Å². The number of hydrogen-bond acceptors (Lipinski definition) is 1. The van der Waals surface area contributed by atoms with Crippen LogP contribution in [0.1, 0.15) is 19.3 Å². The van der Waals surface area contributed by atoms with Gasteiger partial charge in [-0.1, -0.05) is 0 Å². The van der Waals surface area contributed by atoms with Crippen molar-refractivity contribution in [2.45, 2.75) is 19.3 Å². The minimum atomic E-state index is 0. The molecule has 9 heavy (non-hydrogen) atoms. The summed E-state index contributed by atoms with van der Waals surface area (Å²) in [5, 5.41) is 0. The summed E-state index contributed by atoms with van der Waals surface area (Å²) in [5.74, 6) is 1.11. The summed E-state index contributed by atoms with van der Waals surface area (Å²) < 4.78 is 0. The van der Waals surface area contributed by atoms with Crippen molar-refractivity contribution in [3.63, 3.8) is 0 Å². The summed E-state index contributed by atoms with van der Waals surface area (Å²) in [5.41, 5.74) is 0. The molecule has 0 aromatic rings. The largest absolute Gasteiger partial charge is 1.00 e. The number of hydrogen-bond donors (Lipinski definition) is 0. The van der Waals surface area contributed by atoms with Crippen LogP contribution in [-0.4, -0.2) is 24.5 Å². The van der Waals surface area contributed by atoms with Crippen LogP contribution in [0, 0.1) is 5.92 Å². The van der Waals surface area contributed by atoms with Gasteiger partial charge in [0.1, 0.15) is 0 Å². The molecule has 0 saturated carbocycles. The Morgan fingerprint density at radius 2 is 1.33 bits per heavy atom. The third kappa shape index (κ3) is 1.70. The first-order valence-electron chi connectivity index (χ1n) is 3.67. The van der Waals surface area contributed by atoms with E-state index in [2.05, 4.69) is 4.90 Å². The molecule has 3 heterocycles. The van der Waals surface area contributed by atoms with Crippen molar-refractivity contribution in [3.05, 3.63) is 0 Å². The van der Waals surface area contributed by atoms with Crippen LogP contribution in [0.15, 0.2) is 0 Å². The molecule has 3 saturated heterocycles. The molecular weight excluding hydrogens is 121 g/mol. The van der Waals surface area contributed by atoms with Gasteiger partial charge in [-0.2, -0.15) is 0 Å². The predicted octanol–water partition coefficient (Wildman–Crippen LogP) is -1.89. The van der Waals surface area contributed by atoms with Gasteiger partial charge in [0.2, 0.25) is 0 Å². The molecule has 3 rings (SSSR count). The van der Waals surface area contributed by atoms with Gasteiger partial charge in [-0.25, -0.2) is 0 Å². The topological polar surface area (TPSA) is 3.24 Å². The third-order valence-corrected chi connectivity index (χ3v) is 2.56. The Labute approximate surface area is 79.1 Å². The van der Waals surface area contributed by atoms with Crippen LogP contribution in [-0.2, 0) is 0 Å². The minimum absolute atomic E-state index is 0. The van der Waals surface area contributed by atoms with E-state index in [0.717, 1.165) is 5.92 Å². The maximum absolute atomic E-state index is 2.58. The van der Waals surface area contributed by atoms with Crippen molar-refractivity contribution in [2.24, 2.45) is 5.92 Å². The van der Waals surface area contributed by atoms with Crippen LogP contribution in [0.2, 0.25) is 0 Å². The Bertz CT molecular complexity index is 63.9. The molecule has 0 aromatic carbocycles. The van der Waals surface area contributed by atoms with E-state index >= 15 is 0 Å². The van der Waals surface area contributed by atoms with Crippen molar-refractivity contribution in [1.82, 2.24) is 4.90 Å². The van der Waals surface area contributed by atoms with Crippen LogP contribution in [0.5, 0.6) is 0 Å². The zero-order valence-corrected chi connectivity index (χ0v) is 8.27. The SMILES string of the molecule is C1CN2CCC1CC2.[Na+]. The first-order valence-corrected chi connectivity index (χ1v) is 3.67. The average Bonchev–Trinajstić information content (AvgIpc) is 1.92. The van der Waals surface area contributed by atoms with Crippen LogP contribution in [0.4, 0.5) is 0 Å². The molecule has 0 radical (unpaired) electrons. The summed E-state index contributed by atoms with van der Waals surface area (Å²) in [6.07, 6.45) is 4.46. The smallest absolute Gasteiger partial charge is 0.303 e. The predicted molar refractivity (Wildman–Crippen MR) is 33.8 cm³/mol. The molecule has 2 heteroatoms. The van der Waals surface area contributed by atoms with Gasteiger partial charge in [0.15, 0.2) is 0 Å². The van der Waals surface area contributed by atoms with Crippen molar-refractivity contribution in [3.8, 4) is 0 Å². The molecule has 3 fully saturated rings. The molecule has 0 amide bonds. The van der Waals surface area contributed by atoms with E-state index in [-0.39, 0.29) is 29.6 Å². The molecule has 1 nitrogen and oxygen atoms in total. The van der Waals surface area contributed by atoms with Gasteiger partial charge in [-0.15, -0.1) is 0 Å². The summed E-state index contributed by atoms with van der Waals surface area (Å²) in [4.78, 5) is 2.58. The molecule has 0 aromatic heterocycles. The van der Waals surface area contributed by atoms with Crippen LogP contribution in [0.3, 0.4) is 0 Å². The molecular formula is C7H13NNa+. The van der Waals surface area contributed by atoms with Crippen molar-refractivity contribution in [1.29, 1.82) is 0 Å². The van der Waals surface area contributed by atoms with E-state index in [1.165, 1.54) is 38.9 Å².